The van der Waals surface area contributed by atoms with Crippen molar-refractivity contribution in [1.29, 1.82) is 0 Å². The monoisotopic (exact) mass is 316 g/mol. The second-order valence-electron chi connectivity index (χ2n) is 5.67. The van der Waals surface area contributed by atoms with Gasteiger partial charge in [0.25, 0.3) is 5.91 Å². The summed E-state index contributed by atoms with van der Waals surface area (Å²) in [5.74, 6) is -0.00604. The van der Waals surface area contributed by atoms with Crippen LogP contribution in [0.2, 0.25) is 5.02 Å². The fourth-order valence-corrected chi connectivity index (χ4v) is 3.04. The third kappa shape index (κ3) is 2.92. The van der Waals surface area contributed by atoms with Gasteiger partial charge in [0.05, 0.1) is 0 Å². The molecule has 22 heavy (non-hydrogen) atoms. The summed E-state index contributed by atoms with van der Waals surface area (Å²) in [5, 5.41) is 10.6. The molecule has 3 rings (SSSR count). The molecule has 0 aliphatic carbocycles. The van der Waals surface area contributed by atoms with Gasteiger partial charge in [-0.25, -0.2) is 4.98 Å². The highest BCUT2D eigenvalue weighted by atomic mass is 35.5. The second-order valence-corrected chi connectivity index (χ2v) is 6.11. The Morgan fingerprint density at radius 3 is 2.95 bits per heavy atom. The lowest BCUT2D eigenvalue weighted by Gasteiger charge is -2.17. The van der Waals surface area contributed by atoms with E-state index in [2.05, 4.69) is 4.98 Å². The number of rotatable bonds is 2. The lowest BCUT2D eigenvalue weighted by atomic mass is 9.99. The molecule has 1 saturated heterocycles. The minimum atomic E-state index is -0.220. The summed E-state index contributed by atoms with van der Waals surface area (Å²) in [6, 6.07) is 9.31. The number of aromatic nitrogens is 1. The number of hydrogen-bond acceptors (Lipinski definition) is 3. The van der Waals surface area contributed by atoms with E-state index in [0.717, 1.165) is 17.5 Å². The average molecular weight is 317 g/mol. The summed E-state index contributed by atoms with van der Waals surface area (Å²) in [4.78, 5) is 18.3. The molecule has 1 aromatic carbocycles. The lowest BCUT2D eigenvalue weighted by Crippen LogP contribution is -2.29. The van der Waals surface area contributed by atoms with Crippen molar-refractivity contribution in [2.45, 2.75) is 19.3 Å². The summed E-state index contributed by atoms with van der Waals surface area (Å²) < 4.78 is 0. The Hall–Kier alpha value is -2.07. The van der Waals surface area contributed by atoms with E-state index in [0.29, 0.717) is 18.1 Å². The van der Waals surface area contributed by atoms with E-state index in [4.69, 9.17) is 11.6 Å². The quantitative estimate of drug-likeness (QED) is 0.924. The van der Waals surface area contributed by atoms with Crippen molar-refractivity contribution in [3.63, 3.8) is 0 Å². The van der Waals surface area contributed by atoms with Gasteiger partial charge in [-0.15, -0.1) is 0 Å². The first-order chi connectivity index (χ1) is 10.5. The van der Waals surface area contributed by atoms with Crippen LogP contribution < -0.4 is 0 Å². The molecule has 1 aliphatic heterocycles. The van der Waals surface area contributed by atoms with Crippen LogP contribution in [0.3, 0.4) is 0 Å². The molecular weight excluding hydrogens is 300 g/mol. The van der Waals surface area contributed by atoms with Crippen LogP contribution in [0.1, 0.15) is 34.0 Å². The number of aromatic hydroxyl groups is 1. The number of hydrogen-bond donors (Lipinski definition) is 1. The Morgan fingerprint density at radius 1 is 1.41 bits per heavy atom. The van der Waals surface area contributed by atoms with Gasteiger partial charge in [-0.1, -0.05) is 23.7 Å². The highest BCUT2D eigenvalue weighted by Crippen LogP contribution is 2.30. The molecule has 1 aromatic heterocycles. The van der Waals surface area contributed by atoms with E-state index in [-0.39, 0.29) is 23.3 Å². The van der Waals surface area contributed by atoms with Crippen molar-refractivity contribution in [1.82, 2.24) is 9.88 Å². The molecule has 1 amide bonds. The number of pyridine rings is 1. The molecule has 0 saturated carbocycles. The molecule has 1 unspecified atom stereocenters. The number of carbonyl (C=O) groups excluding carboxylic acids is 1. The van der Waals surface area contributed by atoms with E-state index < -0.39 is 0 Å². The lowest BCUT2D eigenvalue weighted by molar-refractivity contribution is 0.0781. The molecule has 1 N–H and O–H groups in total. The van der Waals surface area contributed by atoms with Crippen LogP contribution in [-0.2, 0) is 0 Å². The largest absolute Gasteiger partial charge is 0.505 e. The van der Waals surface area contributed by atoms with Crippen LogP contribution in [0.5, 0.6) is 5.75 Å². The van der Waals surface area contributed by atoms with E-state index in [9.17, 15) is 9.90 Å². The number of likely N-dealkylation sites (tertiary alicyclic amines) is 1. The molecule has 1 aliphatic rings. The highest BCUT2D eigenvalue weighted by Gasteiger charge is 2.29. The highest BCUT2D eigenvalue weighted by molar-refractivity contribution is 6.30. The molecule has 0 bridgehead atoms. The summed E-state index contributed by atoms with van der Waals surface area (Å²) in [7, 11) is 0. The summed E-state index contributed by atoms with van der Waals surface area (Å²) in [5.41, 5.74) is 2.09. The van der Waals surface area contributed by atoms with Crippen molar-refractivity contribution in [2.75, 3.05) is 13.1 Å². The van der Waals surface area contributed by atoms with Gasteiger partial charge in [0.15, 0.2) is 5.69 Å². The van der Waals surface area contributed by atoms with Crippen molar-refractivity contribution in [3.8, 4) is 5.75 Å². The Bertz CT molecular complexity index is 718. The Balaban J connectivity index is 1.76. The minimum Gasteiger partial charge on any atom is -0.505 e. The third-order valence-electron chi connectivity index (χ3n) is 4.00. The van der Waals surface area contributed by atoms with Crippen LogP contribution in [0.25, 0.3) is 0 Å². The van der Waals surface area contributed by atoms with E-state index >= 15 is 0 Å². The van der Waals surface area contributed by atoms with Gasteiger partial charge in [0.2, 0.25) is 0 Å². The number of carbonyl (C=O) groups is 1. The smallest absolute Gasteiger partial charge is 0.276 e. The summed E-state index contributed by atoms with van der Waals surface area (Å²) >= 11 is 6.03. The fourth-order valence-electron chi connectivity index (χ4n) is 2.85. The Labute approximate surface area is 134 Å². The van der Waals surface area contributed by atoms with Gasteiger partial charge >= 0.3 is 0 Å². The van der Waals surface area contributed by atoms with Crippen LogP contribution >= 0.6 is 11.6 Å². The molecule has 0 radical (unpaired) electrons. The van der Waals surface area contributed by atoms with Gasteiger partial charge in [0, 0.05) is 30.2 Å². The molecule has 1 fully saturated rings. The molecular formula is C17H17ClN2O2. The molecule has 2 aromatic rings. The van der Waals surface area contributed by atoms with Gasteiger partial charge in [-0.2, -0.15) is 0 Å². The number of halogens is 1. The SMILES string of the molecule is Cc1cnc(C(=O)N2CCC(c3cccc(Cl)c3)C2)c(O)c1. The minimum absolute atomic E-state index is 0.0591. The molecule has 4 nitrogen and oxygen atoms in total. The van der Waals surface area contributed by atoms with Crippen LogP contribution in [0, 0.1) is 6.92 Å². The van der Waals surface area contributed by atoms with Crippen molar-refractivity contribution < 1.29 is 9.90 Å². The van der Waals surface area contributed by atoms with Crippen molar-refractivity contribution >= 4 is 17.5 Å². The van der Waals surface area contributed by atoms with Gasteiger partial charge in [-0.05, 0) is 42.7 Å². The summed E-state index contributed by atoms with van der Waals surface area (Å²) in [6.07, 6.45) is 2.48. The third-order valence-corrected chi connectivity index (χ3v) is 4.24. The van der Waals surface area contributed by atoms with Gasteiger partial charge in [0.1, 0.15) is 5.75 Å². The number of benzene rings is 1. The van der Waals surface area contributed by atoms with Gasteiger partial charge < -0.3 is 10.0 Å². The average Bonchev–Trinajstić information content (AvgIpc) is 2.96. The van der Waals surface area contributed by atoms with E-state index in [1.54, 1.807) is 17.2 Å². The summed E-state index contributed by atoms with van der Waals surface area (Å²) in [6.45, 7) is 3.10. The predicted octanol–water partition coefficient (Wildman–Crippen LogP) is 3.38. The zero-order valence-corrected chi connectivity index (χ0v) is 13.0. The fraction of sp³-hybridized carbons (Fsp3) is 0.294. The maximum atomic E-state index is 12.5. The Kier molecular flexibility index (Phi) is 4.03. The normalized spacial score (nSPS) is 17.7. The molecule has 1 atom stereocenters. The number of aryl methyl sites for hydroxylation is 1. The molecule has 0 spiro atoms. The van der Waals surface area contributed by atoms with Crippen molar-refractivity contribution in [3.05, 3.63) is 58.4 Å². The molecule has 5 heteroatoms. The maximum Gasteiger partial charge on any atom is 0.276 e. The van der Waals surface area contributed by atoms with Crippen LogP contribution in [-0.4, -0.2) is 34.0 Å². The number of nitrogens with zero attached hydrogens (tertiary/aromatic N) is 2. The van der Waals surface area contributed by atoms with Crippen LogP contribution in [0.15, 0.2) is 36.5 Å². The maximum absolute atomic E-state index is 12.5. The number of amides is 1. The first-order valence-corrected chi connectivity index (χ1v) is 7.63. The molecule has 2 heterocycles. The van der Waals surface area contributed by atoms with E-state index in [1.165, 1.54) is 0 Å². The Morgan fingerprint density at radius 2 is 2.23 bits per heavy atom. The zero-order valence-electron chi connectivity index (χ0n) is 12.3. The van der Waals surface area contributed by atoms with E-state index in [1.807, 2.05) is 31.2 Å². The zero-order chi connectivity index (χ0) is 15.7. The standard InChI is InChI=1S/C17H17ClN2O2/c1-11-7-15(21)16(19-9-11)17(22)20-6-5-13(10-20)12-3-2-4-14(18)8-12/h2-4,7-9,13,21H,5-6,10H2,1H3. The first-order valence-electron chi connectivity index (χ1n) is 7.25. The van der Waals surface area contributed by atoms with Crippen LogP contribution in [0.4, 0.5) is 0 Å². The van der Waals surface area contributed by atoms with Gasteiger partial charge in [-0.3, -0.25) is 4.79 Å². The predicted molar refractivity (Wildman–Crippen MR) is 85.4 cm³/mol. The van der Waals surface area contributed by atoms with Crippen molar-refractivity contribution in [2.24, 2.45) is 0 Å². The first kappa shape index (κ1) is 14.9. The molecule has 114 valence electrons. The topological polar surface area (TPSA) is 53.4 Å². The second kappa shape index (κ2) is 5.97.